The maximum atomic E-state index is 9.33. The Morgan fingerprint density at radius 3 is 2.64 bits per heavy atom. The molecule has 4 aromatic rings. The number of fused-ring (bicyclic) bond motifs is 3. The molecule has 28 heavy (non-hydrogen) atoms. The van der Waals surface area contributed by atoms with E-state index in [2.05, 4.69) is 25.4 Å². The second kappa shape index (κ2) is 7.80. The Morgan fingerprint density at radius 2 is 1.89 bits per heavy atom. The van der Waals surface area contributed by atoms with Crippen LogP contribution in [-0.2, 0) is 6.61 Å². The zero-order valence-electron chi connectivity index (χ0n) is 14.7. The van der Waals surface area contributed by atoms with Gasteiger partial charge in [0.1, 0.15) is 12.3 Å². The van der Waals surface area contributed by atoms with Gasteiger partial charge in [-0.15, -0.1) is 15.3 Å². The molecular formula is C19H16N6O3. The van der Waals surface area contributed by atoms with Crippen LogP contribution in [0.5, 0.6) is 5.88 Å². The van der Waals surface area contributed by atoms with Crippen LogP contribution < -0.4 is 4.74 Å². The number of aromatic nitrogens is 5. The molecule has 0 spiro atoms. The van der Waals surface area contributed by atoms with Gasteiger partial charge in [0.05, 0.1) is 6.61 Å². The Bertz CT molecular complexity index is 1170. The van der Waals surface area contributed by atoms with Crippen molar-refractivity contribution in [2.75, 3.05) is 6.61 Å². The van der Waals surface area contributed by atoms with E-state index >= 15 is 0 Å². The molecule has 0 fully saturated rings. The van der Waals surface area contributed by atoms with Crippen LogP contribution in [-0.4, -0.2) is 47.4 Å². The first-order valence-corrected chi connectivity index (χ1v) is 8.47. The Labute approximate surface area is 159 Å². The summed E-state index contributed by atoms with van der Waals surface area (Å²) in [5.74, 6) is 0.617. The van der Waals surface area contributed by atoms with Crippen LogP contribution in [0.4, 0.5) is 0 Å². The van der Waals surface area contributed by atoms with Gasteiger partial charge in [0, 0.05) is 23.2 Å². The summed E-state index contributed by atoms with van der Waals surface area (Å²) in [5, 5.41) is 35.9. The molecule has 0 amide bonds. The number of aliphatic hydroxyl groups is 1. The highest BCUT2D eigenvalue weighted by Crippen LogP contribution is 2.27. The highest BCUT2D eigenvalue weighted by atomic mass is 16.5. The maximum absolute atomic E-state index is 9.33. The maximum Gasteiger partial charge on any atom is 0.240 e. The van der Waals surface area contributed by atoms with Crippen molar-refractivity contribution in [2.45, 2.75) is 6.61 Å². The van der Waals surface area contributed by atoms with Crippen molar-refractivity contribution >= 4 is 22.1 Å². The first-order valence-electron chi connectivity index (χ1n) is 8.47. The molecule has 0 atom stereocenters. The lowest BCUT2D eigenvalue weighted by molar-refractivity contribution is 0.293. The lowest BCUT2D eigenvalue weighted by Gasteiger charge is -2.10. The lowest BCUT2D eigenvalue weighted by atomic mass is 10.2. The van der Waals surface area contributed by atoms with Crippen molar-refractivity contribution in [3.05, 3.63) is 72.3 Å². The number of benzene rings is 1. The minimum atomic E-state index is -0.202. The molecule has 1 aromatic carbocycles. The van der Waals surface area contributed by atoms with Gasteiger partial charge in [0.25, 0.3) is 0 Å². The van der Waals surface area contributed by atoms with E-state index in [1.54, 1.807) is 12.4 Å². The van der Waals surface area contributed by atoms with E-state index in [0.29, 0.717) is 18.1 Å². The first-order chi connectivity index (χ1) is 13.8. The molecule has 0 saturated heterocycles. The highest BCUT2D eigenvalue weighted by molar-refractivity contribution is 6.07. The molecule has 9 heteroatoms. The number of rotatable bonds is 6. The minimum Gasteiger partial charge on any atom is -0.471 e. The molecule has 3 heterocycles. The number of oxime groups is 1. The molecule has 4 rings (SSSR count). The molecule has 2 N–H and O–H groups in total. The van der Waals surface area contributed by atoms with Crippen molar-refractivity contribution in [1.82, 2.24) is 24.8 Å². The molecule has 0 bridgehead atoms. The Kier molecular flexibility index (Phi) is 4.89. The highest BCUT2D eigenvalue weighted by Gasteiger charge is 2.17. The van der Waals surface area contributed by atoms with Gasteiger partial charge in [-0.1, -0.05) is 29.4 Å². The third-order valence-electron chi connectivity index (χ3n) is 4.07. The van der Waals surface area contributed by atoms with Gasteiger partial charge in [0.2, 0.25) is 11.7 Å². The zero-order valence-corrected chi connectivity index (χ0v) is 14.7. The van der Waals surface area contributed by atoms with Gasteiger partial charge in [-0.2, -0.15) is 4.52 Å². The standard InChI is InChI=1S/C19H16N6O3/c26-11-3-6-16(24-27)18-22-21-17-14-4-1-2-5-15(14)19(23-25(17)18)28-12-13-7-9-20-10-8-13/h1-10,26-27H,11-12H2/b6-3+,24-16+. The molecule has 0 aliphatic rings. The molecule has 3 aromatic heterocycles. The summed E-state index contributed by atoms with van der Waals surface area (Å²) in [4.78, 5) is 4.00. The molecule has 9 nitrogen and oxygen atoms in total. The summed E-state index contributed by atoms with van der Waals surface area (Å²) in [6, 6.07) is 11.3. The van der Waals surface area contributed by atoms with Crippen molar-refractivity contribution in [3.63, 3.8) is 0 Å². The Balaban J connectivity index is 1.83. The fourth-order valence-corrected chi connectivity index (χ4v) is 2.77. The van der Waals surface area contributed by atoms with Gasteiger partial charge < -0.3 is 15.1 Å². The summed E-state index contributed by atoms with van der Waals surface area (Å²) in [7, 11) is 0. The van der Waals surface area contributed by atoms with Gasteiger partial charge in [-0.05, 0) is 29.8 Å². The average molecular weight is 376 g/mol. The van der Waals surface area contributed by atoms with E-state index in [4.69, 9.17) is 9.84 Å². The van der Waals surface area contributed by atoms with Gasteiger partial charge in [-0.25, -0.2) is 0 Å². The minimum absolute atomic E-state index is 0.115. The van der Waals surface area contributed by atoms with Gasteiger partial charge >= 0.3 is 0 Å². The van der Waals surface area contributed by atoms with Crippen LogP contribution in [0, 0.1) is 0 Å². The van der Waals surface area contributed by atoms with E-state index in [9.17, 15) is 5.21 Å². The van der Waals surface area contributed by atoms with E-state index in [1.165, 1.54) is 16.7 Å². The number of hydrogen-bond acceptors (Lipinski definition) is 8. The van der Waals surface area contributed by atoms with Crippen molar-refractivity contribution in [3.8, 4) is 5.88 Å². The second-order valence-corrected chi connectivity index (χ2v) is 5.82. The summed E-state index contributed by atoms with van der Waals surface area (Å²) in [6.07, 6.45) is 6.26. The number of allylic oxidation sites excluding steroid dienone is 1. The Morgan fingerprint density at radius 1 is 1.11 bits per heavy atom. The fourth-order valence-electron chi connectivity index (χ4n) is 2.77. The number of ether oxygens (including phenoxy) is 1. The third kappa shape index (κ3) is 3.26. The molecule has 0 radical (unpaired) electrons. The topological polar surface area (TPSA) is 118 Å². The molecule has 140 valence electrons. The molecule has 0 saturated carbocycles. The number of hydrogen-bond donors (Lipinski definition) is 2. The number of aliphatic hydroxyl groups excluding tert-OH is 1. The zero-order chi connectivity index (χ0) is 19.3. The molecule has 0 aliphatic heterocycles. The van der Waals surface area contributed by atoms with Crippen LogP contribution in [0.25, 0.3) is 16.4 Å². The van der Waals surface area contributed by atoms with Crippen LogP contribution in [0.1, 0.15) is 11.4 Å². The third-order valence-corrected chi connectivity index (χ3v) is 4.07. The second-order valence-electron chi connectivity index (χ2n) is 5.82. The normalized spacial score (nSPS) is 12.2. The molecule has 0 aliphatic carbocycles. The summed E-state index contributed by atoms with van der Waals surface area (Å²) in [6.45, 7) is 0.111. The van der Waals surface area contributed by atoms with Crippen LogP contribution >= 0.6 is 0 Å². The van der Waals surface area contributed by atoms with Crippen molar-refractivity contribution < 1.29 is 15.1 Å². The molecular weight excluding hydrogens is 360 g/mol. The van der Waals surface area contributed by atoms with Gasteiger partial charge in [-0.3, -0.25) is 4.98 Å². The number of nitrogens with zero attached hydrogens (tertiary/aromatic N) is 6. The van der Waals surface area contributed by atoms with E-state index in [1.807, 2.05) is 36.4 Å². The first kappa shape index (κ1) is 17.6. The van der Waals surface area contributed by atoms with Gasteiger partial charge in [0.15, 0.2) is 5.65 Å². The van der Waals surface area contributed by atoms with E-state index in [-0.39, 0.29) is 18.1 Å². The quantitative estimate of drug-likeness (QED) is 0.300. The predicted molar refractivity (Wildman–Crippen MR) is 101 cm³/mol. The smallest absolute Gasteiger partial charge is 0.240 e. The summed E-state index contributed by atoms with van der Waals surface area (Å²) in [5.41, 5.74) is 1.57. The average Bonchev–Trinajstić information content (AvgIpc) is 3.17. The van der Waals surface area contributed by atoms with E-state index in [0.717, 1.165) is 16.3 Å². The fraction of sp³-hybridized carbons (Fsp3) is 0.105. The molecule has 0 unspecified atom stereocenters. The number of pyridine rings is 1. The Hall–Kier alpha value is -3.85. The SMILES string of the molecule is OC/C=C/C(=N\O)c1nnc2c3ccccc3c(OCc3ccncc3)nn12. The van der Waals surface area contributed by atoms with E-state index < -0.39 is 0 Å². The van der Waals surface area contributed by atoms with Crippen LogP contribution in [0.2, 0.25) is 0 Å². The monoisotopic (exact) mass is 376 g/mol. The summed E-state index contributed by atoms with van der Waals surface area (Å²) >= 11 is 0. The lowest BCUT2D eigenvalue weighted by Crippen LogP contribution is -2.09. The van der Waals surface area contributed by atoms with Crippen LogP contribution in [0.3, 0.4) is 0 Å². The summed E-state index contributed by atoms with van der Waals surface area (Å²) < 4.78 is 7.42. The van der Waals surface area contributed by atoms with Crippen molar-refractivity contribution in [1.29, 1.82) is 0 Å². The van der Waals surface area contributed by atoms with Crippen LogP contribution in [0.15, 0.2) is 66.1 Å². The predicted octanol–water partition coefficient (Wildman–Crippen LogP) is 1.98. The van der Waals surface area contributed by atoms with Crippen molar-refractivity contribution in [2.24, 2.45) is 5.16 Å². The largest absolute Gasteiger partial charge is 0.471 e.